The van der Waals surface area contributed by atoms with Crippen LogP contribution in [0, 0.1) is 12.7 Å². The van der Waals surface area contributed by atoms with Crippen molar-refractivity contribution in [2.75, 3.05) is 32.7 Å². The smallest absolute Gasteiger partial charge is 0.345 e. The molecule has 2 heterocycles. The fraction of sp³-hybridized carbons (Fsp3) is 0.412. The number of aliphatic carboxylic acids is 1. The van der Waals surface area contributed by atoms with Crippen LogP contribution in [0.5, 0.6) is 0 Å². The monoisotopic (exact) mass is 334 g/mol. The summed E-state index contributed by atoms with van der Waals surface area (Å²) in [6.45, 7) is 6.99. The molecule has 0 saturated carbocycles. The summed E-state index contributed by atoms with van der Waals surface area (Å²) in [6, 6.07) is 2.96. The van der Waals surface area contributed by atoms with Gasteiger partial charge < -0.3 is 10.4 Å². The molecule has 2 N–H and O–H groups in total. The van der Waals surface area contributed by atoms with E-state index in [1.165, 1.54) is 19.2 Å². The predicted molar refractivity (Wildman–Crippen MR) is 88.0 cm³/mol. The Morgan fingerprint density at radius 1 is 1.38 bits per heavy atom. The lowest BCUT2D eigenvalue weighted by Gasteiger charge is -2.46. The van der Waals surface area contributed by atoms with Gasteiger partial charge in [0.15, 0.2) is 11.3 Å². The topological polar surface area (TPSA) is 69.6 Å². The van der Waals surface area contributed by atoms with Crippen LogP contribution >= 0.6 is 0 Å². The molecule has 7 heteroatoms. The molecule has 2 aliphatic heterocycles. The molecule has 128 valence electrons. The van der Waals surface area contributed by atoms with Crippen molar-refractivity contribution < 1.29 is 19.1 Å². The molecular weight excluding hydrogens is 313 g/mol. The van der Waals surface area contributed by atoms with E-state index in [1.807, 2.05) is 6.92 Å². The van der Waals surface area contributed by atoms with Gasteiger partial charge in [0, 0.05) is 24.7 Å². The number of ketones is 1. The largest absolute Gasteiger partial charge is 0.477 e. The zero-order chi connectivity index (χ0) is 17.5. The highest BCUT2D eigenvalue weighted by atomic mass is 19.1. The Balaban J connectivity index is 2.28. The van der Waals surface area contributed by atoms with E-state index in [4.69, 9.17) is 0 Å². The maximum atomic E-state index is 14.1. The maximum absolute atomic E-state index is 14.1. The third-order valence-corrected chi connectivity index (χ3v) is 4.92. The molecule has 3 rings (SSSR count). The molecule has 1 aromatic rings. The number of halogens is 1. The molecular formula is C17H21FN3O3+. The van der Waals surface area contributed by atoms with Gasteiger partial charge in [0.1, 0.15) is 18.6 Å². The Kier molecular flexibility index (Phi) is 4.25. The lowest BCUT2D eigenvalue weighted by Crippen LogP contribution is -2.64. The molecule has 0 radical (unpaired) electrons. The van der Waals surface area contributed by atoms with Gasteiger partial charge in [-0.1, -0.05) is 0 Å². The quantitative estimate of drug-likeness (QED) is 0.647. The van der Waals surface area contributed by atoms with Gasteiger partial charge in [-0.05, 0) is 19.9 Å². The van der Waals surface area contributed by atoms with Gasteiger partial charge in [0.25, 0.3) is 0 Å². The van der Waals surface area contributed by atoms with Crippen molar-refractivity contribution in [2.45, 2.75) is 13.8 Å². The molecule has 0 amide bonds. The van der Waals surface area contributed by atoms with Crippen LogP contribution in [0.1, 0.15) is 22.8 Å². The lowest BCUT2D eigenvalue weighted by atomic mass is 9.92. The predicted octanol–water partition coefficient (Wildman–Crippen LogP) is 1.45. The molecule has 1 atom stereocenters. The minimum absolute atomic E-state index is 0.130. The average Bonchev–Trinajstić information content (AvgIpc) is 2.59. The zero-order valence-corrected chi connectivity index (χ0v) is 13.8. The van der Waals surface area contributed by atoms with Crippen LogP contribution in [0.25, 0.3) is 0 Å². The zero-order valence-electron chi connectivity index (χ0n) is 13.8. The van der Waals surface area contributed by atoms with Crippen molar-refractivity contribution in [3.63, 3.8) is 0 Å². The number of carboxylic acid groups (broad SMARTS) is 1. The van der Waals surface area contributed by atoms with Crippen molar-refractivity contribution >= 4 is 17.4 Å². The van der Waals surface area contributed by atoms with Crippen molar-refractivity contribution in [1.82, 2.24) is 14.9 Å². The highest BCUT2D eigenvalue weighted by Gasteiger charge is 2.46. The second kappa shape index (κ2) is 6.08. The number of nitrogens with one attached hydrogen (secondary N) is 1. The fourth-order valence-electron chi connectivity index (χ4n) is 3.62. The number of hydrogen-bond donors (Lipinski definition) is 2. The van der Waals surface area contributed by atoms with Gasteiger partial charge in [-0.25, -0.2) is 9.18 Å². The first-order valence-corrected chi connectivity index (χ1v) is 8.06. The molecule has 0 bridgehead atoms. The SMILES string of the molecule is CC[N+]1(N2CCNCC2)C=C(C(=O)O)C(=O)c2c1ccc(F)c2C. The Bertz CT molecular complexity index is 741. The van der Waals surface area contributed by atoms with Crippen LogP contribution in [0.3, 0.4) is 0 Å². The van der Waals surface area contributed by atoms with E-state index in [-0.39, 0.29) is 21.3 Å². The first kappa shape index (κ1) is 16.8. The second-order valence-corrected chi connectivity index (χ2v) is 6.09. The van der Waals surface area contributed by atoms with E-state index in [0.29, 0.717) is 25.3 Å². The van der Waals surface area contributed by atoms with E-state index in [1.54, 1.807) is 6.07 Å². The number of rotatable bonds is 3. The van der Waals surface area contributed by atoms with Crippen molar-refractivity contribution in [2.24, 2.45) is 0 Å². The van der Waals surface area contributed by atoms with E-state index >= 15 is 0 Å². The number of carbonyl (C=O) groups is 2. The van der Waals surface area contributed by atoms with Gasteiger partial charge in [-0.3, -0.25) is 4.79 Å². The lowest BCUT2D eigenvalue weighted by molar-refractivity contribution is -0.132. The van der Waals surface area contributed by atoms with Crippen molar-refractivity contribution in [3.05, 3.63) is 40.8 Å². The number of hydrogen-bond acceptors (Lipinski definition) is 4. The van der Waals surface area contributed by atoms with Gasteiger partial charge in [0.05, 0.1) is 18.7 Å². The maximum Gasteiger partial charge on any atom is 0.345 e. The molecule has 1 fully saturated rings. The Morgan fingerprint density at radius 2 is 2.04 bits per heavy atom. The number of carboxylic acids is 1. The Hall–Kier alpha value is -2.09. The molecule has 0 aromatic heterocycles. The van der Waals surface area contributed by atoms with E-state index in [0.717, 1.165) is 13.1 Å². The molecule has 1 aromatic carbocycles. The summed E-state index contributed by atoms with van der Waals surface area (Å²) in [5, 5.41) is 14.9. The molecule has 1 unspecified atom stereocenters. The minimum atomic E-state index is -1.28. The summed E-state index contributed by atoms with van der Waals surface area (Å²) in [5.74, 6) is -2.39. The van der Waals surface area contributed by atoms with E-state index < -0.39 is 17.6 Å². The van der Waals surface area contributed by atoms with Crippen LogP contribution in [0.15, 0.2) is 23.9 Å². The van der Waals surface area contributed by atoms with Gasteiger partial charge in [-0.2, -0.15) is 4.59 Å². The Morgan fingerprint density at radius 3 is 2.62 bits per heavy atom. The second-order valence-electron chi connectivity index (χ2n) is 6.09. The number of benzene rings is 1. The van der Waals surface area contributed by atoms with Crippen molar-refractivity contribution in [3.8, 4) is 0 Å². The van der Waals surface area contributed by atoms with E-state index in [2.05, 4.69) is 10.3 Å². The summed E-state index contributed by atoms with van der Waals surface area (Å²) < 4.78 is 14.2. The Labute approximate surface area is 139 Å². The molecule has 1 saturated heterocycles. The summed E-state index contributed by atoms with van der Waals surface area (Å²) in [5.41, 5.74) is 0.732. The van der Waals surface area contributed by atoms with Crippen molar-refractivity contribution in [1.29, 1.82) is 0 Å². The standard InChI is InChI=1S/C17H20FN3O3/c1-3-21(20-8-6-19-7-9-20)10-12(17(23)24)16(22)15-11(2)13(18)4-5-14(15)21/h4-5,10,19H,3,6-9H2,1-2H3/p+1. The first-order chi connectivity index (χ1) is 11.4. The molecule has 0 spiro atoms. The number of Topliss-reactive ketones (excluding diaryl/α,β-unsaturated/α-hetero) is 1. The van der Waals surface area contributed by atoms with E-state index in [9.17, 15) is 19.1 Å². The van der Waals surface area contributed by atoms with Gasteiger partial charge >= 0.3 is 5.97 Å². The van der Waals surface area contributed by atoms with Crippen LogP contribution in [0.4, 0.5) is 10.1 Å². The third-order valence-electron chi connectivity index (χ3n) is 4.92. The average molecular weight is 334 g/mol. The minimum Gasteiger partial charge on any atom is -0.477 e. The number of quaternary nitrogens is 1. The van der Waals surface area contributed by atoms with Crippen LogP contribution in [-0.4, -0.2) is 54.6 Å². The number of fused-ring (bicyclic) bond motifs is 1. The summed E-state index contributed by atoms with van der Waals surface area (Å²) in [7, 11) is 0. The number of nitrogens with zero attached hydrogens (tertiary/aromatic N) is 2. The summed E-state index contributed by atoms with van der Waals surface area (Å²) in [6.07, 6.45) is 1.51. The van der Waals surface area contributed by atoms with Crippen LogP contribution in [0.2, 0.25) is 0 Å². The number of piperazine rings is 1. The third kappa shape index (κ3) is 2.36. The molecule has 6 nitrogen and oxygen atoms in total. The summed E-state index contributed by atoms with van der Waals surface area (Å²) >= 11 is 0. The highest BCUT2D eigenvalue weighted by Crippen LogP contribution is 2.39. The van der Waals surface area contributed by atoms with Gasteiger partial charge in [0.2, 0.25) is 5.78 Å². The van der Waals surface area contributed by atoms with Gasteiger partial charge in [-0.15, -0.1) is 5.01 Å². The molecule has 24 heavy (non-hydrogen) atoms. The molecule has 2 aliphatic rings. The highest BCUT2D eigenvalue weighted by molar-refractivity contribution is 6.27. The molecule has 0 aliphatic carbocycles. The van der Waals surface area contributed by atoms with Crippen LogP contribution < -0.4 is 9.91 Å². The normalized spacial score (nSPS) is 24.5. The van der Waals surface area contributed by atoms with Crippen LogP contribution in [-0.2, 0) is 4.79 Å². The fourth-order valence-corrected chi connectivity index (χ4v) is 3.62. The summed E-state index contributed by atoms with van der Waals surface area (Å²) in [4.78, 5) is 24.3. The first-order valence-electron chi connectivity index (χ1n) is 8.06. The number of carbonyl (C=O) groups excluding carboxylic acids is 1.